The molecule has 0 bridgehead atoms. The quantitative estimate of drug-likeness (QED) is 0.862. The number of nitrogens with zero attached hydrogens (tertiary/aromatic N) is 1. The van der Waals surface area contributed by atoms with Crippen LogP contribution in [0.5, 0.6) is 0 Å². The van der Waals surface area contributed by atoms with Crippen LogP contribution in [0.2, 0.25) is 10.0 Å². The van der Waals surface area contributed by atoms with E-state index in [0.717, 1.165) is 11.1 Å². The lowest BCUT2D eigenvalue weighted by Crippen LogP contribution is -2.26. The summed E-state index contributed by atoms with van der Waals surface area (Å²) in [5.74, 6) is -0.0569. The summed E-state index contributed by atoms with van der Waals surface area (Å²) in [6.07, 6.45) is 0. The summed E-state index contributed by atoms with van der Waals surface area (Å²) < 4.78 is 0. The van der Waals surface area contributed by atoms with E-state index in [1.54, 1.807) is 42.3 Å². The second-order valence-electron chi connectivity index (χ2n) is 4.98. The number of nitrogen functional groups attached to an aromatic ring is 1. The summed E-state index contributed by atoms with van der Waals surface area (Å²) in [6, 6.07) is 10.6. The fourth-order valence-corrected chi connectivity index (χ4v) is 2.44. The van der Waals surface area contributed by atoms with Crippen molar-refractivity contribution in [1.82, 2.24) is 4.90 Å². The van der Waals surface area contributed by atoms with Crippen LogP contribution in [-0.2, 0) is 6.54 Å². The molecule has 2 N–H and O–H groups in total. The van der Waals surface area contributed by atoms with E-state index >= 15 is 0 Å². The predicted molar refractivity (Wildman–Crippen MR) is 87.9 cm³/mol. The van der Waals surface area contributed by atoms with Gasteiger partial charge in [-0.2, -0.15) is 0 Å². The van der Waals surface area contributed by atoms with Gasteiger partial charge in [-0.25, -0.2) is 0 Å². The molecule has 0 atom stereocenters. The Morgan fingerprint density at radius 3 is 2.48 bits per heavy atom. The summed E-state index contributed by atoms with van der Waals surface area (Å²) in [5, 5.41) is 0.988. The Morgan fingerprint density at radius 1 is 1.14 bits per heavy atom. The molecule has 0 aliphatic heterocycles. The molecule has 2 aromatic rings. The number of benzene rings is 2. The van der Waals surface area contributed by atoms with Gasteiger partial charge in [0.25, 0.3) is 5.91 Å². The molecule has 0 radical (unpaired) electrons. The summed E-state index contributed by atoms with van der Waals surface area (Å²) in [4.78, 5) is 14.1. The molecule has 0 fully saturated rings. The van der Waals surface area contributed by atoms with Crippen molar-refractivity contribution in [2.75, 3.05) is 12.8 Å². The summed E-state index contributed by atoms with van der Waals surface area (Å²) in [6.45, 7) is 2.33. The van der Waals surface area contributed by atoms with Crippen molar-refractivity contribution in [2.45, 2.75) is 13.5 Å². The van der Waals surface area contributed by atoms with Crippen LogP contribution in [0.1, 0.15) is 21.5 Å². The minimum absolute atomic E-state index is 0.0569. The van der Waals surface area contributed by atoms with Crippen molar-refractivity contribution in [3.8, 4) is 0 Å². The Hall–Kier alpha value is -1.71. The van der Waals surface area contributed by atoms with Gasteiger partial charge >= 0.3 is 0 Å². The molecule has 0 saturated heterocycles. The third-order valence-corrected chi connectivity index (χ3v) is 3.97. The van der Waals surface area contributed by atoms with E-state index in [1.165, 1.54) is 0 Å². The van der Waals surface area contributed by atoms with Crippen LogP contribution in [0.25, 0.3) is 0 Å². The van der Waals surface area contributed by atoms with E-state index < -0.39 is 0 Å². The lowest BCUT2D eigenvalue weighted by Gasteiger charge is -2.19. The van der Waals surface area contributed by atoms with Gasteiger partial charge in [-0.15, -0.1) is 0 Å². The highest BCUT2D eigenvalue weighted by Gasteiger charge is 2.14. The summed E-state index contributed by atoms with van der Waals surface area (Å²) in [5.41, 5.74) is 8.79. The average molecular weight is 323 g/mol. The van der Waals surface area contributed by atoms with Gasteiger partial charge < -0.3 is 10.6 Å². The Balaban J connectivity index is 2.17. The number of rotatable bonds is 3. The van der Waals surface area contributed by atoms with E-state index in [2.05, 4.69) is 0 Å². The molecule has 3 nitrogen and oxygen atoms in total. The van der Waals surface area contributed by atoms with Gasteiger partial charge in [0.05, 0.1) is 10.0 Å². The van der Waals surface area contributed by atoms with E-state index in [4.69, 9.17) is 28.9 Å². The number of hydrogen-bond donors (Lipinski definition) is 1. The van der Waals surface area contributed by atoms with Crippen LogP contribution in [0.15, 0.2) is 36.4 Å². The van der Waals surface area contributed by atoms with Crippen molar-refractivity contribution in [3.63, 3.8) is 0 Å². The van der Waals surface area contributed by atoms with Crippen LogP contribution in [-0.4, -0.2) is 17.9 Å². The van der Waals surface area contributed by atoms with Gasteiger partial charge in [0.15, 0.2) is 0 Å². The summed E-state index contributed by atoms with van der Waals surface area (Å²) >= 11 is 11.9. The van der Waals surface area contributed by atoms with E-state index in [9.17, 15) is 4.79 Å². The minimum Gasteiger partial charge on any atom is -0.399 e. The van der Waals surface area contributed by atoms with E-state index in [0.29, 0.717) is 27.8 Å². The van der Waals surface area contributed by atoms with Crippen molar-refractivity contribution >= 4 is 34.8 Å². The Labute approximate surface area is 134 Å². The van der Waals surface area contributed by atoms with Crippen LogP contribution >= 0.6 is 23.2 Å². The zero-order chi connectivity index (χ0) is 15.6. The maximum Gasteiger partial charge on any atom is 0.254 e. The van der Waals surface area contributed by atoms with Gasteiger partial charge in [-0.05, 0) is 48.4 Å². The lowest BCUT2D eigenvalue weighted by atomic mass is 10.1. The number of carbonyl (C=O) groups is 1. The molecule has 2 aromatic carbocycles. The fraction of sp³-hybridized carbons (Fsp3) is 0.188. The third-order valence-electron chi connectivity index (χ3n) is 3.23. The van der Waals surface area contributed by atoms with Crippen molar-refractivity contribution in [1.29, 1.82) is 0 Å². The van der Waals surface area contributed by atoms with Gasteiger partial charge in [0.2, 0.25) is 0 Å². The molecule has 0 spiro atoms. The standard InChI is InChI=1S/C16H16Cl2N2O/c1-10-7-12(19)4-5-13(10)16(21)20(2)9-11-3-6-14(17)15(18)8-11/h3-8H,9,19H2,1-2H3. The molecule has 0 aromatic heterocycles. The van der Waals surface area contributed by atoms with Gasteiger partial charge in [-0.3, -0.25) is 4.79 Å². The molecule has 0 saturated carbocycles. The molecule has 5 heteroatoms. The molecule has 110 valence electrons. The maximum absolute atomic E-state index is 12.5. The largest absolute Gasteiger partial charge is 0.399 e. The fourth-order valence-electron chi connectivity index (χ4n) is 2.12. The molecule has 1 amide bonds. The highest BCUT2D eigenvalue weighted by atomic mass is 35.5. The molecule has 2 rings (SSSR count). The van der Waals surface area contributed by atoms with E-state index in [1.807, 2.05) is 13.0 Å². The smallest absolute Gasteiger partial charge is 0.254 e. The first-order valence-electron chi connectivity index (χ1n) is 6.44. The predicted octanol–water partition coefficient (Wildman–Crippen LogP) is 4.16. The van der Waals surface area contributed by atoms with Gasteiger partial charge in [0, 0.05) is 24.8 Å². The number of carbonyl (C=O) groups excluding carboxylic acids is 1. The highest BCUT2D eigenvalue weighted by Crippen LogP contribution is 2.23. The first-order valence-corrected chi connectivity index (χ1v) is 7.19. The molecule has 0 aliphatic carbocycles. The Morgan fingerprint density at radius 2 is 1.86 bits per heavy atom. The topological polar surface area (TPSA) is 46.3 Å². The molecular weight excluding hydrogens is 307 g/mol. The normalized spacial score (nSPS) is 10.5. The van der Waals surface area contributed by atoms with Gasteiger partial charge in [-0.1, -0.05) is 29.3 Å². The second-order valence-corrected chi connectivity index (χ2v) is 5.80. The van der Waals surface area contributed by atoms with Crippen molar-refractivity contribution in [3.05, 3.63) is 63.1 Å². The third kappa shape index (κ3) is 3.69. The molecule has 0 unspecified atom stereocenters. The highest BCUT2D eigenvalue weighted by molar-refractivity contribution is 6.42. The number of aryl methyl sites for hydroxylation is 1. The number of halogens is 2. The SMILES string of the molecule is Cc1cc(N)ccc1C(=O)N(C)Cc1ccc(Cl)c(Cl)c1. The zero-order valence-corrected chi connectivity index (χ0v) is 13.4. The van der Waals surface area contributed by atoms with Gasteiger partial charge in [0.1, 0.15) is 0 Å². The summed E-state index contributed by atoms with van der Waals surface area (Å²) in [7, 11) is 1.75. The number of nitrogens with two attached hydrogens (primary N) is 1. The van der Waals surface area contributed by atoms with Crippen molar-refractivity contribution in [2.24, 2.45) is 0 Å². The zero-order valence-electron chi connectivity index (χ0n) is 11.9. The molecule has 0 heterocycles. The first kappa shape index (κ1) is 15.7. The first-order chi connectivity index (χ1) is 9.88. The van der Waals surface area contributed by atoms with Crippen LogP contribution in [0.4, 0.5) is 5.69 Å². The van der Waals surface area contributed by atoms with Crippen LogP contribution in [0.3, 0.4) is 0 Å². The molecule has 0 aliphatic rings. The monoisotopic (exact) mass is 322 g/mol. The molecule has 21 heavy (non-hydrogen) atoms. The number of anilines is 1. The maximum atomic E-state index is 12.5. The lowest BCUT2D eigenvalue weighted by molar-refractivity contribution is 0.0784. The Bertz CT molecular complexity index is 686. The minimum atomic E-state index is -0.0569. The van der Waals surface area contributed by atoms with E-state index in [-0.39, 0.29) is 5.91 Å². The Kier molecular flexibility index (Phi) is 4.76. The van der Waals surface area contributed by atoms with Crippen LogP contribution in [0, 0.1) is 6.92 Å². The van der Waals surface area contributed by atoms with Crippen LogP contribution < -0.4 is 5.73 Å². The number of amides is 1. The average Bonchev–Trinajstić information content (AvgIpc) is 2.42. The molecular formula is C16H16Cl2N2O. The van der Waals surface area contributed by atoms with Crippen molar-refractivity contribution < 1.29 is 4.79 Å². The second kappa shape index (κ2) is 6.37. The number of hydrogen-bond acceptors (Lipinski definition) is 2.